The fourth-order valence-electron chi connectivity index (χ4n) is 3.27. The van der Waals surface area contributed by atoms with Crippen LogP contribution in [0.3, 0.4) is 0 Å². The smallest absolute Gasteiger partial charge is 0.262 e. The number of carbonyl (C=O) groups excluding carboxylic acids is 2. The van der Waals surface area contributed by atoms with Crippen molar-refractivity contribution in [3.05, 3.63) is 97.4 Å². The number of halogens is 2. The first-order valence-corrected chi connectivity index (χ1v) is 12.3. The molecular weight excluding hydrogens is 574 g/mol. The van der Waals surface area contributed by atoms with Gasteiger partial charge in [0.25, 0.3) is 11.8 Å². The molecule has 0 aliphatic rings. The van der Waals surface area contributed by atoms with Crippen molar-refractivity contribution in [1.82, 2.24) is 5.32 Å². The molecule has 0 fully saturated rings. The molecule has 0 aliphatic carbocycles. The van der Waals surface area contributed by atoms with Crippen molar-refractivity contribution in [3.8, 4) is 11.8 Å². The SMILES string of the molecule is Cc1ccc(NC(=O)COc2c(Br)cc(/C=C(\C#N)C(=O)NCc3ccccc3)cc2Br)c(C)c1. The molecule has 0 saturated carbocycles. The Morgan fingerprint density at radius 2 is 1.71 bits per heavy atom. The van der Waals surface area contributed by atoms with Gasteiger partial charge in [-0.25, -0.2) is 0 Å². The lowest BCUT2D eigenvalue weighted by Crippen LogP contribution is -2.23. The van der Waals surface area contributed by atoms with Gasteiger partial charge >= 0.3 is 0 Å². The highest BCUT2D eigenvalue weighted by molar-refractivity contribution is 9.11. The molecule has 0 heterocycles. The van der Waals surface area contributed by atoms with Crippen LogP contribution in [0.25, 0.3) is 6.08 Å². The molecule has 0 atom stereocenters. The van der Waals surface area contributed by atoms with Crippen molar-refractivity contribution in [1.29, 1.82) is 5.26 Å². The number of amides is 2. The first-order chi connectivity index (χ1) is 16.8. The number of nitrogens with one attached hydrogen (secondary N) is 2. The van der Waals surface area contributed by atoms with E-state index >= 15 is 0 Å². The van der Waals surface area contributed by atoms with Crippen LogP contribution in [0.5, 0.6) is 5.75 Å². The van der Waals surface area contributed by atoms with Crippen LogP contribution in [0, 0.1) is 25.2 Å². The second-order valence-electron chi connectivity index (χ2n) is 7.81. The monoisotopic (exact) mass is 595 g/mol. The molecule has 3 aromatic carbocycles. The van der Waals surface area contributed by atoms with Gasteiger partial charge in [-0.1, -0.05) is 48.0 Å². The second-order valence-corrected chi connectivity index (χ2v) is 9.52. The highest BCUT2D eigenvalue weighted by atomic mass is 79.9. The van der Waals surface area contributed by atoms with Crippen molar-refractivity contribution in [2.45, 2.75) is 20.4 Å². The Hall–Kier alpha value is -3.41. The maximum atomic E-state index is 12.5. The zero-order valence-corrected chi connectivity index (χ0v) is 22.4. The van der Waals surface area contributed by atoms with Gasteiger partial charge in [0.2, 0.25) is 0 Å². The molecule has 0 spiro atoms. The summed E-state index contributed by atoms with van der Waals surface area (Å²) in [6.45, 7) is 4.06. The zero-order valence-electron chi connectivity index (χ0n) is 19.2. The van der Waals surface area contributed by atoms with E-state index in [9.17, 15) is 14.9 Å². The Bertz CT molecular complexity index is 1290. The molecule has 0 aliphatic heterocycles. The summed E-state index contributed by atoms with van der Waals surface area (Å²) in [5.41, 5.74) is 4.34. The fraction of sp³-hybridized carbons (Fsp3) is 0.148. The third-order valence-corrected chi connectivity index (χ3v) is 6.17. The number of anilines is 1. The predicted octanol–water partition coefficient (Wildman–Crippen LogP) is 6.07. The molecule has 0 saturated heterocycles. The van der Waals surface area contributed by atoms with E-state index in [0.29, 0.717) is 26.8 Å². The Morgan fingerprint density at radius 1 is 1.03 bits per heavy atom. The van der Waals surface area contributed by atoms with E-state index in [0.717, 1.165) is 22.4 Å². The van der Waals surface area contributed by atoms with Crippen molar-refractivity contribution in [2.24, 2.45) is 0 Å². The van der Waals surface area contributed by atoms with Crippen LogP contribution in [0.4, 0.5) is 5.69 Å². The summed E-state index contributed by atoms with van der Waals surface area (Å²) >= 11 is 6.89. The highest BCUT2D eigenvalue weighted by Gasteiger charge is 2.14. The molecule has 8 heteroatoms. The van der Waals surface area contributed by atoms with E-state index < -0.39 is 5.91 Å². The van der Waals surface area contributed by atoms with Crippen LogP contribution >= 0.6 is 31.9 Å². The number of rotatable bonds is 8. The van der Waals surface area contributed by atoms with Gasteiger partial charge in [-0.2, -0.15) is 5.26 Å². The summed E-state index contributed by atoms with van der Waals surface area (Å²) in [5, 5.41) is 15.1. The van der Waals surface area contributed by atoms with Gasteiger partial charge in [0, 0.05) is 12.2 Å². The standard InChI is InChI=1S/C27H23Br2N3O3/c1-17-8-9-24(18(2)10-17)32-25(33)16-35-26-22(28)12-20(13-23(26)29)11-21(14-30)27(34)31-15-19-6-4-3-5-7-19/h3-13H,15-16H2,1-2H3,(H,31,34)(H,32,33)/b21-11+. The summed E-state index contributed by atoms with van der Waals surface area (Å²) in [6.07, 6.45) is 1.49. The Balaban J connectivity index is 1.65. The van der Waals surface area contributed by atoms with E-state index in [-0.39, 0.29) is 18.1 Å². The number of hydrogen-bond donors (Lipinski definition) is 2. The topological polar surface area (TPSA) is 91.2 Å². The molecule has 2 amide bonds. The van der Waals surface area contributed by atoms with Crippen LogP contribution in [0.2, 0.25) is 0 Å². The maximum Gasteiger partial charge on any atom is 0.262 e. The van der Waals surface area contributed by atoms with E-state index in [1.54, 1.807) is 12.1 Å². The number of benzene rings is 3. The summed E-state index contributed by atoms with van der Waals surface area (Å²) < 4.78 is 6.85. The number of nitrogens with zero attached hydrogens (tertiary/aromatic N) is 1. The molecule has 0 radical (unpaired) electrons. The van der Waals surface area contributed by atoms with Crippen molar-refractivity contribution in [2.75, 3.05) is 11.9 Å². The number of carbonyl (C=O) groups is 2. The quantitative estimate of drug-likeness (QED) is 0.244. The highest BCUT2D eigenvalue weighted by Crippen LogP contribution is 2.35. The largest absolute Gasteiger partial charge is 0.481 e. The number of aryl methyl sites for hydroxylation is 2. The van der Waals surface area contributed by atoms with Crippen molar-refractivity contribution in [3.63, 3.8) is 0 Å². The van der Waals surface area contributed by atoms with E-state index in [4.69, 9.17) is 4.74 Å². The van der Waals surface area contributed by atoms with Crippen LogP contribution in [0.15, 0.2) is 75.2 Å². The normalized spacial score (nSPS) is 10.9. The lowest BCUT2D eigenvalue weighted by molar-refractivity contribution is -0.118. The molecule has 178 valence electrons. The molecule has 0 unspecified atom stereocenters. The van der Waals surface area contributed by atoms with Gasteiger partial charge in [0.15, 0.2) is 6.61 Å². The minimum Gasteiger partial charge on any atom is -0.481 e. The fourth-order valence-corrected chi connectivity index (χ4v) is 4.72. The summed E-state index contributed by atoms with van der Waals surface area (Å²) in [4.78, 5) is 24.8. The molecule has 6 nitrogen and oxygen atoms in total. The Kier molecular flexibility index (Phi) is 9.24. The van der Waals surface area contributed by atoms with Gasteiger partial charge in [-0.3, -0.25) is 9.59 Å². The van der Waals surface area contributed by atoms with Crippen molar-refractivity contribution >= 4 is 55.4 Å². The average molecular weight is 597 g/mol. The maximum absolute atomic E-state index is 12.5. The lowest BCUT2D eigenvalue weighted by atomic mass is 10.1. The number of ether oxygens (including phenoxy) is 1. The number of hydrogen-bond acceptors (Lipinski definition) is 4. The minimum atomic E-state index is -0.466. The second kappa shape index (κ2) is 12.3. The number of nitriles is 1. The van der Waals surface area contributed by atoms with E-state index in [1.807, 2.05) is 68.4 Å². The van der Waals surface area contributed by atoms with Gasteiger partial charge in [0.1, 0.15) is 17.4 Å². The molecule has 0 aromatic heterocycles. The summed E-state index contributed by atoms with van der Waals surface area (Å²) in [6, 6.07) is 20.6. The third-order valence-electron chi connectivity index (χ3n) is 5.00. The summed E-state index contributed by atoms with van der Waals surface area (Å²) in [7, 11) is 0. The molecule has 35 heavy (non-hydrogen) atoms. The van der Waals surface area contributed by atoms with Crippen molar-refractivity contribution < 1.29 is 14.3 Å². The van der Waals surface area contributed by atoms with Gasteiger partial charge < -0.3 is 15.4 Å². The van der Waals surface area contributed by atoms with E-state index in [1.165, 1.54) is 6.08 Å². The van der Waals surface area contributed by atoms with Crippen LogP contribution < -0.4 is 15.4 Å². The minimum absolute atomic E-state index is 0.0266. The molecular formula is C27H23Br2N3O3. The molecule has 0 bridgehead atoms. The Morgan fingerprint density at radius 3 is 2.34 bits per heavy atom. The molecule has 3 rings (SSSR count). The van der Waals surface area contributed by atoms with Crippen LogP contribution in [-0.4, -0.2) is 18.4 Å². The lowest BCUT2D eigenvalue weighted by Gasteiger charge is -2.13. The van der Waals surface area contributed by atoms with Gasteiger partial charge in [-0.15, -0.1) is 0 Å². The van der Waals surface area contributed by atoms with Crippen LogP contribution in [0.1, 0.15) is 22.3 Å². The van der Waals surface area contributed by atoms with Gasteiger partial charge in [0.05, 0.1) is 8.95 Å². The van der Waals surface area contributed by atoms with Gasteiger partial charge in [-0.05, 0) is 86.7 Å². The zero-order chi connectivity index (χ0) is 25.4. The third kappa shape index (κ3) is 7.54. The Labute approximate surface area is 221 Å². The molecule has 3 aromatic rings. The first-order valence-electron chi connectivity index (χ1n) is 10.7. The first kappa shape index (κ1) is 26.2. The molecule has 2 N–H and O–H groups in total. The van der Waals surface area contributed by atoms with E-state index in [2.05, 4.69) is 42.5 Å². The van der Waals surface area contributed by atoms with Crippen LogP contribution in [-0.2, 0) is 16.1 Å². The average Bonchev–Trinajstić information content (AvgIpc) is 2.83. The summed E-state index contributed by atoms with van der Waals surface area (Å²) in [5.74, 6) is -0.321. The predicted molar refractivity (Wildman–Crippen MR) is 144 cm³/mol.